The molecular formula is C15H19N3+2. The van der Waals surface area contributed by atoms with E-state index in [0.29, 0.717) is 0 Å². The lowest BCUT2D eigenvalue weighted by molar-refractivity contribution is -0.699. The molecule has 18 heavy (non-hydrogen) atoms. The Kier molecular flexibility index (Phi) is 3.22. The third-order valence-electron chi connectivity index (χ3n) is 3.51. The highest BCUT2D eigenvalue weighted by Crippen LogP contribution is 2.11. The summed E-state index contributed by atoms with van der Waals surface area (Å²) in [5.41, 5.74) is 2.87. The van der Waals surface area contributed by atoms with Crippen LogP contribution in [-0.4, -0.2) is 28.9 Å². The van der Waals surface area contributed by atoms with E-state index in [0.717, 1.165) is 19.6 Å². The Bertz CT molecular complexity index is 541. The summed E-state index contributed by atoms with van der Waals surface area (Å²) in [5.74, 6) is 0. The van der Waals surface area contributed by atoms with Gasteiger partial charge >= 0.3 is 0 Å². The van der Waals surface area contributed by atoms with Crippen molar-refractivity contribution in [2.75, 3.05) is 13.1 Å². The summed E-state index contributed by atoms with van der Waals surface area (Å²) in [5, 5.41) is 0. The minimum atomic E-state index is 1.08. The maximum Gasteiger partial charge on any atom is 0.241 e. The number of fused-ring (bicyclic) bond motifs is 1. The first-order valence-corrected chi connectivity index (χ1v) is 6.60. The largest absolute Gasteiger partial charge is 0.250 e. The zero-order chi connectivity index (χ0) is 12.2. The van der Waals surface area contributed by atoms with Crippen LogP contribution in [0, 0.1) is 0 Å². The Labute approximate surface area is 107 Å². The summed E-state index contributed by atoms with van der Waals surface area (Å²) in [6, 6.07) is 8.70. The zero-order valence-corrected chi connectivity index (χ0v) is 10.5. The highest BCUT2D eigenvalue weighted by atomic mass is 15.0. The summed E-state index contributed by atoms with van der Waals surface area (Å²) in [4.78, 5) is 3.07. The molecule has 0 unspecified atom stereocenters. The molecule has 1 aromatic carbocycles. The number of imidazole rings is 1. The third-order valence-corrected chi connectivity index (χ3v) is 3.51. The van der Waals surface area contributed by atoms with Gasteiger partial charge in [-0.25, -0.2) is 9.14 Å². The van der Waals surface area contributed by atoms with Crippen molar-refractivity contribution >= 4 is 6.21 Å². The smallest absolute Gasteiger partial charge is 0.241 e. The second kappa shape index (κ2) is 5.17. The van der Waals surface area contributed by atoms with Gasteiger partial charge in [0.15, 0.2) is 6.21 Å². The molecule has 0 atom stereocenters. The standard InChI is InChI=1S/C15H18N3/c1-2-5-15-12-17(10-6-14(15)4-1)8-3-9-18-11-7-16-13-18/h1-2,4-5,7,11-13H,3,6,8-10H2/q+1/p+1. The van der Waals surface area contributed by atoms with Gasteiger partial charge in [-0.05, 0) is 11.6 Å². The molecule has 0 saturated heterocycles. The molecule has 1 N–H and O–H groups in total. The van der Waals surface area contributed by atoms with Gasteiger partial charge in [-0.3, -0.25) is 4.98 Å². The van der Waals surface area contributed by atoms with Crippen molar-refractivity contribution in [2.45, 2.75) is 19.4 Å². The first-order valence-electron chi connectivity index (χ1n) is 6.60. The van der Waals surface area contributed by atoms with Gasteiger partial charge in [-0.2, -0.15) is 0 Å². The van der Waals surface area contributed by atoms with Gasteiger partial charge in [0.1, 0.15) is 25.5 Å². The van der Waals surface area contributed by atoms with Gasteiger partial charge in [0.25, 0.3) is 0 Å². The summed E-state index contributed by atoms with van der Waals surface area (Å²) >= 11 is 0. The molecule has 1 aliphatic rings. The quantitative estimate of drug-likeness (QED) is 0.782. The number of H-pyrrole nitrogens is 1. The fourth-order valence-corrected chi connectivity index (χ4v) is 2.51. The van der Waals surface area contributed by atoms with Crippen LogP contribution in [0.15, 0.2) is 43.0 Å². The van der Waals surface area contributed by atoms with Crippen molar-refractivity contribution in [2.24, 2.45) is 0 Å². The molecule has 2 heterocycles. The first kappa shape index (κ1) is 11.2. The van der Waals surface area contributed by atoms with E-state index in [2.05, 4.69) is 50.8 Å². The molecule has 3 heteroatoms. The van der Waals surface area contributed by atoms with E-state index >= 15 is 0 Å². The highest BCUT2D eigenvalue weighted by Gasteiger charge is 2.14. The Morgan fingerprint density at radius 2 is 2.11 bits per heavy atom. The van der Waals surface area contributed by atoms with Crippen LogP contribution in [0.1, 0.15) is 17.5 Å². The van der Waals surface area contributed by atoms with E-state index in [1.165, 1.54) is 24.0 Å². The lowest BCUT2D eigenvalue weighted by Gasteiger charge is -2.11. The third kappa shape index (κ3) is 2.50. The van der Waals surface area contributed by atoms with Gasteiger partial charge in [-0.15, -0.1) is 0 Å². The van der Waals surface area contributed by atoms with Crippen molar-refractivity contribution < 1.29 is 9.14 Å². The summed E-state index contributed by atoms with van der Waals surface area (Å²) in [7, 11) is 0. The van der Waals surface area contributed by atoms with Gasteiger partial charge in [0.05, 0.1) is 6.54 Å². The van der Waals surface area contributed by atoms with Crippen LogP contribution in [0.25, 0.3) is 0 Å². The second-order valence-electron chi connectivity index (χ2n) is 4.82. The molecule has 0 bridgehead atoms. The Balaban J connectivity index is 1.60. The van der Waals surface area contributed by atoms with E-state index in [9.17, 15) is 0 Å². The van der Waals surface area contributed by atoms with Crippen LogP contribution in [0.2, 0.25) is 0 Å². The lowest BCUT2D eigenvalue weighted by Crippen LogP contribution is -2.33. The van der Waals surface area contributed by atoms with Gasteiger partial charge in [0.2, 0.25) is 6.33 Å². The molecule has 0 fully saturated rings. The van der Waals surface area contributed by atoms with E-state index in [1.807, 2.05) is 12.5 Å². The van der Waals surface area contributed by atoms with E-state index < -0.39 is 0 Å². The number of aromatic nitrogens is 2. The fraction of sp³-hybridized carbons (Fsp3) is 0.333. The first-order chi connectivity index (χ1) is 8.92. The summed E-state index contributed by atoms with van der Waals surface area (Å²) in [6.07, 6.45) is 10.7. The normalized spacial score (nSPS) is 14.1. The second-order valence-corrected chi connectivity index (χ2v) is 4.82. The number of nitrogens with zero attached hydrogens (tertiary/aromatic N) is 2. The molecule has 0 aliphatic carbocycles. The fourth-order valence-electron chi connectivity index (χ4n) is 2.51. The molecule has 3 nitrogen and oxygen atoms in total. The number of hydrogen-bond donors (Lipinski definition) is 1. The number of aromatic amines is 1. The summed E-state index contributed by atoms with van der Waals surface area (Å²) in [6.45, 7) is 3.36. The van der Waals surface area contributed by atoms with Crippen molar-refractivity contribution in [3.8, 4) is 0 Å². The molecule has 0 spiro atoms. The predicted molar refractivity (Wildman–Crippen MR) is 70.9 cm³/mol. The SMILES string of the molecule is C1=[N+](CCC[n+]2cc[nH]c2)CCc2ccccc21. The number of nitrogens with one attached hydrogen (secondary N) is 1. The van der Waals surface area contributed by atoms with Crippen molar-refractivity contribution in [1.82, 2.24) is 4.98 Å². The molecule has 0 saturated carbocycles. The minimum Gasteiger partial charge on any atom is -0.250 e. The topological polar surface area (TPSA) is 22.7 Å². The Morgan fingerprint density at radius 1 is 1.17 bits per heavy atom. The minimum absolute atomic E-state index is 1.08. The predicted octanol–water partition coefficient (Wildman–Crippen LogP) is 1.38. The lowest BCUT2D eigenvalue weighted by atomic mass is 10.0. The average molecular weight is 241 g/mol. The van der Waals surface area contributed by atoms with Crippen molar-refractivity contribution in [3.05, 3.63) is 54.1 Å². The van der Waals surface area contributed by atoms with Crippen LogP contribution in [-0.2, 0) is 13.0 Å². The van der Waals surface area contributed by atoms with Crippen molar-refractivity contribution in [3.63, 3.8) is 0 Å². The van der Waals surface area contributed by atoms with Gasteiger partial charge in [-0.1, -0.05) is 18.2 Å². The zero-order valence-electron chi connectivity index (χ0n) is 10.5. The van der Waals surface area contributed by atoms with Crippen molar-refractivity contribution in [1.29, 1.82) is 0 Å². The Morgan fingerprint density at radius 3 is 3.00 bits per heavy atom. The van der Waals surface area contributed by atoms with E-state index in [1.54, 1.807) is 0 Å². The molecule has 1 aliphatic heterocycles. The molecule has 0 amide bonds. The average Bonchev–Trinajstić information content (AvgIpc) is 2.92. The molecule has 92 valence electrons. The molecular weight excluding hydrogens is 222 g/mol. The van der Waals surface area contributed by atoms with Crippen LogP contribution in [0.4, 0.5) is 0 Å². The Hall–Kier alpha value is -1.90. The maximum absolute atomic E-state index is 3.07. The number of benzene rings is 1. The molecule has 3 rings (SSSR count). The van der Waals surface area contributed by atoms with Crippen LogP contribution >= 0.6 is 0 Å². The van der Waals surface area contributed by atoms with E-state index in [4.69, 9.17) is 0 Å². The molecule has 2 aromatic rings. The maximum atomic E-state index is 3.07. The van der Waals surface area contributed by atoms with Crippen LogP contribution in [0.3, 0.4) is 0 Å². The number of rotatable bonds is 4. The number of hydrogen-bond acceptors (Lipinski definition) is 0. The monoisotopic (exact) mass is 241 g/mol. The van der Waals surface area contributed by atoms with Gasteiger partial charge in [0, 0.05) is 18.4 Å². The van der Waals surface area contributed by atoms with Gasteiger partial charge < -0.3 is 0 Å². The van der Waals surface area contributed by atoms with E-state index in [-0.39, 0.29) is 0 Å². The van der Waals surface area contributed by atoms with Crippen LogP contribution in [0.5, 0.6) is 0 Å². The highest BCUT2D eigenvalue weighted by molar-refractivity contribution is 5.78. The molecule has 0 radical (unpaired) electrons. The molecule has 1 aromatic heterocycles. The van der Waals surface area contributed by atoms with Crippen LogP contribution < -0.4 is 4.57 Å². The summed E-state index contributed by atoms with van der Waals surface area (Å²) < 4.78 is 4.63. The number of aryl methyl sites for hydroxylation is 1.